The first kappa shape index (κ1) is 15.7. The summed E-state index contributed by atoms with van der Waals surface area (Å²) in [5.41, 5.74) is 7.96. The summed E-state index contributed by atoms with van der Waals surface area (Å²) < 4.78 is 1.85. The van der Waals surface area contributed by atoms with Gasteiger partial charge in [-0.15, -0.1) is 0 Å². The quantitative estimate of drug-likeness (QED) is 0.721. The van der Waals surface area contributed by atoms with Gasteiger partial charge in [0.2, 0.25) is 0 Å². The summed E-state index contributed by atoms with van der Waals surface area (Å²) in [7, 11) is 0. The zero-order valence-electron chi connectivity index (χ0n) is 12.6. The number of hydrogen-bond acceptors (Lipinski definition) is 4. The number of aliphatic hydroxyl groups excluding tert-OH is 1. The smallest absolute Gasteiger partial charge is 0.0645 e. The van der Waals surface area contributed by atoms with E-state index in [0.29, 0.717) is 6.54 Å². The van der Waals surface area contributed by atoms with Crippen LogP contribution in [0.15, 0.2) is 42.7 Å². The van der Waals surface area contributed by atoms with Crippen LogP contribution in [0.3, 0.4) is 0 Å². The van der Waals surface area contributed by atoms with Crippen molar-refractivity contribution in [1.82, 2.24) is 15.1 Å². The third-order valence-electron chi connectivity index (χ3n) is 3.87. The number of benzene rings is 1. The Morgan fingerprint density at radius 1 is 1.29 bits per heavy atom. The number of aromatic nitrogens is 2. The summed E-state index contributed by atoms with van der Waals surface area (Å²) in [6.45, 7) is 4.72. The van der Waals surface area contributed by atoms with Crippen LogP contribution in [0.25, 0.3) is 5.69 Å². The van der Waals surface area contributed by atoms with Crippen LogP contribution < -0.4 is 11.1 Å². The van der Waals surface area contributed by atoms with Gasteiger partial charge in [-0.3, -0.25) is 0 Å². The molecule has 3 unspecified atom stereocenters. The Balaban J connectivity index is 2.11. The molecule has 21 heavy (non-hydrogen) atoms. The maximum atomic E-state index is 9.23. The van der Waals surface area contributed by atoms with E-state index >= 15 is 0 Å². The van der Waals surface area contributed by atoms with Crippen molar-refractivity contribution in [3.8, 4) is 5.69 Å². The van der Waals surface area contributed by atoms with Crippen LogP contribution >= 0.6 is 0 Å². The Labute approximate surface area is 125 Å². The number of nitrogens with two attached hydrogens (primary N) is 1. The summed E-state index contributed by atoms with van der Waals surface area (Å²) in [4.78, 5) is 0. The van der Waals surface area contributed by atoms with E-state index in [1.54, 1.807) is 0 Å². The fourth-order valence-corrected chi connectivity index (χ4v) is 2.18. The minimum absolute atomic E-state index is 0.0338. The van der Waals surface area contributed by atoms with Crippen LogP contribution in [0.5, 0.6) is 0 Å². The molecule has 0 saturated carbocycles. The van der Waals surface area contributed by atoms with Gasteiger partial charge in [0.15, 0.2) is 0 Å². The topological polar surface area (TPSA) is 76.1 Å². The number of aliphatic hydroxyl groups is 1. The second-order valence-corrected chi connectivity index (χ2v) is 5.46. The van der Waals surface area contributed by atoms with Gasteiger partial charge in [-0.05, 0) is 25.0 Å². The first-order valence-electron chi connectivity index (χ1n) is 7.32. The Kier molecular flexibility index (Phi) is 5.50. The van der Waals surface area contributed by atoms with Crippen molar-refractivity contribution in [3.63, 3.8) is 0 Å². The molecule has 2 aromatic rings. The normalized spacial score (nSPS) is 15.6. The van der Waals surface area contributed by atoms with Gasteiger partial charge in [0, 0.05) is 37.0 Å². The Hall–Kier alpha value is -1.69. The second-order valence-electron chi connectivity index (χ2n) is 5.46. The van der Waals surface area contributed by atoms with E-state index in [1.165, 1.54) is 0 Å². The van der Waals surface area contributed by atoms with Crippen LogP contribution in [-0.4, -0.2) is 34.1 Å². The van der Waals surface area contributed by atoms with E-state index in [1.807, 2.05) is 54.3 Å². The van der Waals surface area contributed by atoms with Gasteiger partial charge >= 0.3 is 0 Å². The molecule has 5 heteroatoms. The van der Waals surface area contributed by atoms with E-state index in [-0.39, 0.29) is 24.6 Å². The molecule has 4 N–H and O–H groups in total. The fraction of sp³-hybridized carbons (Fsp3) is 0.438. The molecule has 0 fully saturated rings. The Bertz CT molecular complexity index is 540. The van der Waals surface area contributed by atoms with Gasteiger partial charge in [-0.2, -0.15) is 5.10 Å². The molecule has 1 aromatic heterocycles. The molecular formula is C16H24N4O. The largest absolute Gasteiger partial charge is 0.396 e. The molecule has 1 aromatic carbocycles. The van der Waals surface area contributed by atoms with Crippen molar-refractivity contribution >= 4 is 0 Å². The lowest BCUT2D eigenvalue weighted by molar-refractivity contribution is 0.201. The standard InChI is InChI=1S/C16H24N4O/c1-12(11-21)13(2)19-16(8-17)14-9-18-20(10-14)15-6-4-3-5-7-15/h3-7,9-10,12-13,16,19,21H,8,11,17H2,1-2H3. The van der Waals surface area contributed by atoms with Crippen molar-refractivity contribution in [2.75, 3.05) is 13.2 Å². The number of nitrogens with one attached hydrogen (secondary N) is 1. The summed E-state index contributed by atoms with van der Waals surface area (Å²) in [5.74, 6) is 0.184. The lowest BCUT2D eigenvalue weighted by Crippen LogP contribution is -2.39. The van der Waals surface area contributed by atoms with Gasteiger partial charge in [0.05, 0.1) is 11.9 Å². The second kappa shape index (κ2) is 7.36. The van der Waals surface area contributed by atoms with Crippen LogP contribution in [0.4, 0.5) is 0 Å². The van der Waals surface area contributed by atoms with Gasteiger partial charge in [0.25, 0.3) is 0 Å². The molecule has 1 heterocycles. The third kappa shape index (κ3) is 3.91. The molecule has 0 aliphatic rings. The minimum atomic E-state index is 0.0338. The number of para-hydroxylation sites is 1. The first-order valence-corrected chi connectivity index (χ1v) is 7.32. The van der Waals surface area contributed by atoms with Crippen LogP contribution in [0, 0.1) is 5.92 Å². The average Bonchev–Trinajstić information content (AvgIpc) is 3.02. The fourth-order valence-electron chi connectivity index (χ4n) is 2.18. The number of rotatable bonds is 7. The van der Waals surface area contributed by atoms with E-state index in [2.05, 4.69) is 17.3 Å². The highest BCUT2D eigenvalue weighted by Gasteiger charge is 2.18. The molecule has 0 spiro atoms. The van der Waals surface area contributed by atoms with Gasteiger partial charge in [0.1, 0.15) is 0 Å². The average molecular weight is 288 g/mol. The zero-order valence-corrected chi connectivity index (χ0v) is 12.6. The molecular weight excluding hydrogens is 264 g/mol. The van der Waals surface area contributed by atoms with Crippen molar-refractivity contribution in [1.29, 1.82) is 0 Å². The van der Waals surface area contributed by atoms with E-state index in [4.69, 9.17) is 5.73 Å². The third-order valence-corrected chi connectivity index (χ3v) is 3.87. The summed E-state index contributed by atoms with van der Waals surface area (Å²) in [6, 6.07) is 10.2. The Morgan fingerprint density at radius 3 is 2.62 bits per heavy atom. The summed E-state index contributed by atoms with van der Waals surface area (Å²) in [6.07, 6.45) is 3.84. The van der Waals surface area contributed by atoms with Crippen LogP contribution in [-0.2, 0) is 0 Å². The molecule has 0 aliphatic carbocycles. The SMILES string of the molecule is CC(CO)C(C)NC(CN)c1cnn(-c2ccccc2)c1. The molecule has 114 valence electrons. The van der Waals surface area contributed by atoms with E-state index in [9.17, 15) is 5.11 Å². The maximum absolute atomic E-state index is 9.23. The van der Waals surface area contributed by atoms with Crippen LogP contribution in [0.2, 0.25) is 0 Å². The molecule has 3 atom stereocenters. The lowest BCUT2D eigenvalue weighted by Gasteiger charge is -2.25. The van der Waals surface area contributed by atoms with Gasteiger partial charge < -0.3 is 16.2 Å². The van der Waals surface area contributed by atoms with Crippen molar-refractivity contribution in [3.05, 3.63) is 48.3 Å². The van der Waals surface area contributed by atoms with Crippen LogP contribution in [0.1, 0.15) is 25.5 Å². The highest BCUT2D eigenvalue weighted by molar-refractivity contribution is 5.31. The number of nitrogens with zero attached hydrogens (tertiary/aromatic N) is 2. The van der Waals surface area contributed by atoms with Gasteiger partial charge in [-0.1, -0.05) is 25.1 Å². The minimum Gasteiger partial charge on any atom is -0.396 e. The predicted molar refractivity (Wildman–Crippen MR) is 84.2 cm³/mol. The molecule has 0 saturated heterocycles. The molecule has 5 nitrogen and oxygen atoms in total. The zero-order chi connectivity index (χ0) is 15.2. The summed E-state index contributed by atoms with van der Waals surface area (Å²) >= 11 is 0. The molecule has 2 rings (SSSR count). The maximum Gasteiger partial charge on any atom is 0.0645 e. The van der Waals surface area contributed by atoms with Crippen molar-refractivity contribution < 1.29 is 5.11 Å². The molecule has 0 bridgehead atoms. The molecule has 0 radical (unpaired) electrons. The molecule has 0 aliphatic heterocycles. The molecule has 0 amide bonds. The van der Waals surface area contributed by atoms with Crippen molar-refractivity contribution in [2.45, 2.75) is 25.9 Å². The van der Waals surface area contributed by atoms with Gasteiger partial charge in [-0.25, -0.2) is 4.68 Å². The first-order chi connectivity index (χ1) is 10.2. The highest BCUT2D eigenvalue weighted by Crippen LogP contribution is 2.16. The Morgan fingerprint density at radius 2 is 2.00 bits per heavy atom. The van der Waals surface area contributed by atoms with E-state index < -0.39 is 0 Å². The van der Waals surface area contributed by atoms with Crippen molar-refractivity contribution in [2.24, 2.45) is 11.7 Å². The predicted octanol–water partition coefficient (Wildman–Crippen LogP) is 1.48. The highest BCUT2D eigenvalue weighted by atomic mass is 16.3. The lowest BCUT2D eigenvalue weighted by atomic mass is 10.0. The monoisotopic (exact) mass is 288 g/mol. The number of hydrogen-bond donors (Lipinski definition) is 3. The summed E-state index contributed by atoms with van der Waals surface area (Å²) in [5, 5.41) is 17.1. The van der Waals surface area contributed by atoms with E-state index in [0.717, 1.165) is 11.3 Å².